The Bertz CT molecular complexity index is 421. The highest BCUT2D eigenvalue weighted by atomic mass is 16.7. The van der Waals surface area contributed by atoms with E-state index in [2.05, 4.69) is 0 Å². The van der Waals surface area contributed by atoms with Crippen molar-refractivity contribution in [2.45, 2.75) is 6.92 Å². The molecule has 0 fully saturated rings. The molecular formula is C11H12N2O2. The second-order valence-electron chi connectivity index (χ2n) is 3.13. The summed E-state index contributed by atoms with van der Waals surface area (Å²) in [6, 6.07) is 6.97. The third-order valence-corrected chi connectivity index (χ3v) is 2.15. The van der Waals surface area contributed by atoms with Crippen LogP contribution in [0.4, 0.5) is 0 Å². The zero-order chi connectivity index (χ0) is 11.4. The lowest BCUT2D eigenvalue weighted by Gasteiger charge is -2.13. The second kappa shape index (κ2) is 4.58. The number of nitrogens with zero attached hydrogens (tertiary/aromatic N) is 2. The third-order valence-electron chi connectivity index (χ3n) is 2.15. The van der Waals surface area contributed by atoms with Crippen molar-refractivity contribution >= 4 is 5.91 Å². The summed E-state index contributed by atoms with van der Waals surface area (Å²) in [4.78, 5) is 16.4. The van der Waals surface area contributed by atoms with Crippen LogP contribution in [-0.2, 0) is 4.84 Å². The summed E-state index contributed by atoms with van der Waals surface area (Å²) in [7, 11) is 2.96. The van der Waals surface area contributed by atoms with Crippen LogP contribution in [-0.4, -0.2) is 25.1 Å². The summed E-state index contributed by atoms with van der Waals surface area (Å²) < 4.78 is 0. The lowest BCUT2D eigenvalue weighted by atomic mass is 10.1. The first-order valence-electron chi connectivity index (χ1n) is 4.43. The molecule has 0 bridgehead atoms. The van der Waals surface area contributed by atoms with E-state index in [9.17, 15) is 4.79 Å². The topological polar surface area (TPSA) is 53.3 Å². The number of aryl methyl sites for hydroxylation is 1. The number of hydrogen-bond donors (Lipinski definition) is 0. The molecule has 0 radical (unpaired) electrons. The third kappa shape index (κ3) is 2.33. The predicted octanol–water partition coefficient (Wildman–Crippen LogP) is 1.50. The molecule has 0 aliphatic rings. The smallest absolute Gasteiger partial charge is 0.274 e. The number of benzene rings is 1. The lowest BCUT2D eigenvalue weighted by molar-refractivity contribution is -0.0757. The maximum atomic E-state index is 11.6. The van der Waals surface area contributed by atoms with Crippen molar-refractivity contribution in [3.8, 4) is 6.07 Å². The summed E-state index contributed by atoms with van der Waals surface area (Å²) in [5.74, 6) is -0.231. The average molecular weight is 204 g/mol. The molecule has 0 aromatic heterocycles. The number of rotatable bonds is 2. The van der Waals surface area contributed by atoms with Gasteiger partial charge in [-0.25, -0.2) is 5.06 Å². The highest BCUT2D eigenvalue weighted by Gasteiger charge is 2.11. The minimum absolute atomic E-state index is 0.231. The number of nitriles is 1. The van der Waals surface area contributed by atoms with Gasteiger partial charge in [0.25, 0.3) is 5.91 Å². The van der Waals surface area contributed by atoms with Gasteiger partial charge in [0, 0.05) is 12.6 Å². The predicted molar refractivity (Wildman–Crippen MR) is 55.0 cm³/mol. The maximum absolute atomic E-state index is 11.6. The molecule has 1 amide bonds. The van der Waals surface area contributed by atoms with Crippen LogP contribution in [0.25, 0.3) is 0 Å². The van der Waals surface area contributed by atoms with E-state index in [1.165, 1.54) is 14.2 Å². The van der Waals surface area contributed by atoms with E-state index in [4.69, 9.17) is 10.1 Å². The molecule has 15 heavy (non-hydrogen) atoms. The molecule has 0 unspecified atom stereocenters. The van der Waals surface area contributed by atoms with Gasteiger partial charge in [0.05, 0.1) is 18.7 Å². The Morgan fingerprint density at radius 3 is 2.67 bits per heavy atom. The maximum Gasteiger partial charge on any atom is 0.277 e. The second-order valence-corrected chi connectivity index (χ2v) is 3.13. The fourth-order valence-electron chi connectivity index (χ4n) is 1.19. The number of hydroxylamine groups is 2. The monoisotopic (exact) mass is 204 g/mol. The molecule has 78 valence electrons. The van der Waals surface area contributed by atoms with Crippen LogP contribution in [0.15, 0.2) is 18.2 Å². The van der Waals surface area contributed by atoms with Gasteiger partial charge < -0.3 is 0 Å². The highest BCUT2D eigenvalue weighted by molar-refractivity contribution is 5.93. The summed E-state index contributed by atoms with van der Waals surface area (Å²) in [6.45, 7) is 1.79. The quantitative estimate of drug-likeness (QED) is 0.686. The van der Waals surface area contributed by atoms with Gasteiger partial charge in [-0.2, -0.15) is 5.26 Å². The van der Waals surface area contributed by atoms with Crippen LogP contribution in [0.5, 0.6) is 0 Å². The first kappa shape index (κ1) is 11.2. The summed E-state index contributed by atoms with van der Waals surface area (Å²) in [6.07, 6.45) is 0. The normalized spacial score (nSPS) is 9.47. The first-order valence-corrected chi connectivity index (χ1v) is 4.43. The molecule has 0 aliphatic heterocycles. The summed E-state index contributed by atoms with van der Waals surface area (Å²) in [5.41, 5.74) is 1.87. The fourth-order valence-corrected chi connectivity index (χ4v) is 1.19. The van der Waals surface area contributed by atoms with Crippen LogP contribution in [0, 0.1) is 18.3 Å². The van der Waals surface area contributed by atoms with Gasteiger partial charge in [-0.3, -0.25) is 9.63 Å². The Hall–Kier alpha value is -1.86. The van der Waals surface area contributed by atoms with Crippen LogP contribution in [0.1, 0.15) is 21.5 Å². The zero-order valence-electron chi connectivity index (χ0n) is 8.94. The van der Waals surface area contributed by atoms with Crippen LogP contribution < -0.4 is 0 Å². The van der Waals surface area contributed by atoms with Crippen molar-refractivity contribution in [2.75, 3.05) is 14.2 Å². The van der Waals surface area contributed by atoms with Crippen molar-refractivity contribution in [1.82, 2.24) is 5.06 Å². The first-order chi connectivity index (χ1) is 7.10. The Kier molecular flexibility index (Phi) is 3.42. The van der Waals surface area contributed by atoms with Gasteiger partial charge in [-0.1, -0.05) is 0 Å². The van der Waals surface area contributed by atoms with E-state index in [-0.39, 0.29) is 5.91 Å². The Morgan fingerprint density at radius 2 is 2.20 bits per heavy atom. The molecular weight excluding hydrogens is 192 g/mol. The molecule has 0 aliphatic carbocycles. The van der Waals surface area contributed by atoms with Crippen molar-refractivity contribution < 1.29 is 9.63 Å². The van der Waals surface area contributed by atoms with Gasteiger partial charge in [-0.15, -0.1) is 0 Å². The van der Waals surface area contributed by atoms with Crippen molar-refractivity contribution in [3.63, 3.8) is 0 Å². The minimum atomic E-state index is -0.231. The molecule has 1 aromatic carbocycles. The molecule has 4 nitrogen and oxygen atoms in total. The molecule has 0 spiro atoms. The van der Waals surface area contributed by atoms with Crippen LogP contribution >= 0.6 is 0 Å². The van der Waals surface area contributed by atoms with Gasteiger partial charge in [0.15, 0.2) is 0 Å². The molecule has 0 N–H and O–H groups in total. The molecule has 1 aromatic rings. The van der Waals surface area contributed by atoms with Crippen LogP contribution in [0.2, 0.25) is 0 Å². The molecule has 4 heteroatoms. The Balaban J connectivity index is 3.04. The highest BCUT2D eigenvalue weighted by Crippen LogP contribution is 2.11. The number of carbonyl (C=O) groups excluding carboxylic acids is 1. The fraction of sp³-hybridized carbons (Fsp3) is 0.273. The molecule has 0 atom stereocenters. The number of carbonyl (C=O) groups is 1. The summed E-state index contributed by atoms with van der Waals surface area (Å²) in [5, 5.41) is 9.87. The van der Waals surface area contributed by atoms with E-state index in [0.717, 1.165) is 10.6 Å². The lowest BCUT2D eigenvalue weighted by Crippen LogP contribution is -2.25. The van der Waals surface area contributed by atoms with E-state index in [0.29, 0.717) is 11.1 Å². The minimum Gasteiger partial charge on any atom is -0.274 e. The molecule has 1 rings (SSSR count). The van der Waals surface area contributed by atoms with Crippen molar-refractivity contribution in [2.24, 2.45) is 0 Å². The molecule has 0 heterocycles. The summed E-state index contributed by atoms with van der Waals surface area (Å²) >= 11 is 0. The average Bonchev–Trinajstić information content (AvgIpc) is 2.26. The van der Waals surface area contributed by atoms with Gasteiger partial charge >= 0.3 is 0 Å². The van der Waals surface area contributed by atoms with E-state index in [1.54, 1.807) is 25.1 Å². The standard InChI is InChI=1S/C11H12N2O2/c1-8-6-9(4-5-10(8)7-12)11(14)13(2)15-3/h4-6H,1-3H3. The van der Waals surface area contributed by atoms with Gasteiger partial charge in [0.2, 0.25) is 0 Å². The Morgan fingerprint density at radius 1 is 1.53 bits per heavy atom. The van der Waals surface area contributed by atoms with E-state index in [1.807, 2.05) is 6.07 Å². The van der Waals surface area contributed by atoms with Gasteiger partial charge in [-0.05, 0) is 30.7 Å². The Labute approximate surface area is 88.6 Å². The number of amides is 1. The molecule has 0 saturated heterocycles. The largest absolute Gasteiger partial charge is 0.277 e. The SMILES string of the molecule is CON(C)C(=O)c1ccc(C#N)c(C)c1. The van der Waals surface area contributed by atoms with E-state index < -0.39 is 0 Å². The zero-order valence-corrected chi connectivity index (χ0v) is 8.94. The number of hydrogen-bond acceptors (Lipinski definition) is 3. The van der Waals surface area contributed by atoms with Crippen molar-refractivity contribution in [1.29, 1.82) is 5.26 Å². The molecule has 0 saturated carbocycles. The van der Waals surface area contributed by atoms with Crippen LogP contribution in [0.3, 0.4) is 0 Å². The van der Waals surface area contributed by atoms with Crippen molar-refractivity contribution in [3.05, 3.63) is 34.9 Å². The van der Waals surface area contributed by atoms with Gasteiger partial charge in [0.1, 0.15) is 0 Å². The van der Waals surface area contributed by atoms with E-state index >= 15 is 0 Å².